The van der Waals surface area contributed by atoms with Crippen LogP contribution in [0.1, 0.15) is 32.1 Å². The normalized spacial score (nSPS) is 16.9. The molecule has 1 N–H and O–H groups in total. The van der Waals surface area contributed by atoms with Crippen LogP contribution in [0.5, 0.6) is 11.5 Å². The van der Waals surface area contributed by atoms with Crippen LogP contribution in [-0.4, -0.2) is 19.3 Å². The van der Waals surface area contributed by atoms with E-state index >= 15 is 0 Å². The van der Waals surface area contributed by atoms with Crippen molar-refractivity contribution >= 4 is 16.7 Å². The van der Waals surface area contributed by atoms with Crippen molar-refractivity contribution in [3.8, 4) is 22.8 Å². The van der Waals surface area contributed by atoms with Gasteiger partial charge in [-0.25, -0.2) is 0 Å². The highest BCUT2D eigenvalue weighted by atomic mass is 16.6. The van der Waals surface area contributed by atoms with Crippen molar-refractivity contribution in [2.75, 3.05) is 18.5 Å². The molecule has 1 saturated carbocycles. The number of rotatable bonds is 3. The lowest BCUT2D eigenvalue weighted by molar-refractivity contribution is 0.171. The molecule has 5 rings (SSSR count). The van der Waals surface area contributed by atoms with Crippen LogP contribution in [0.3, 0.4) is 0 Å². The second-order valence-corrected chi connectivity index (χ2v) is 7.47. The SMILES string of the molecule is O=c1c(NC2CCCCC2)c(-c2ccc3c(c2)OCCO3)oc2ccccc12. The molecule has 0 atom stereocenters. The van der Waals surface area contributed by atoms with Gasteiger partial charge in [0.25, 0.3) is 0 Å². The highest BCUT2D eigenvalue weighted by Gasteiger charge is 2.22. The molecule has 2 heterocycles. The van der Waals surface area contributed by atoms with Crippen molar-refractivity contribution < 1.29 is 13.9 Å². The lowest BCUT2D eigenvalue weighted by atomic mass is 9.95. The van der Waals surface area contributed by atoms with Crippen molar-refractivity contribution in [2.24, 2.45) is 0 Å². The van der Waals surface area contributed by atoms with Crippen LogP contribution in [0, 0.1) is 0 Å². The number of hydrogen-bond donors (Lipinski definition) is 1. The summed E-state index contributed by atoms with van der Waals surface area (Å²) in [6.07, 6.45) is 5.80. The molecule has 0 unspecified atom stereocenters. The lowest BCUT2D eigenvalue weighted by Crippen LogP contribution is -2.26. The average Bonchev–Trinajstić information content (AvgIpc) is 2.76. The Balaban J connectivity index is 1.65. The maximum Gasteiger partial charge on any atom is 0.216 e. The van der Waals surface area contributed by atoms with Gasteiger partial charge in [0.2, 0.25) is 5.43 Å². The van der Waals surface area contributed by atoms with E-state index in [1.807, 2.05) is 42.5 Å². The average molecular weight is 377 g/mol. The first-order valence-corrected chi connectivity index (χ1v) is 10.0. The first kappa shape index (κ1) is 17.2. The third-order valence-corrected chi connectivity index (χ3v) is 5.56. The minimum atomic E-state index is -0.0164. The van der Waals surface area contributed by atoms with Gasteiger partial charge in [-0.15, -0.1) is 0 Å². The molecule has 1 aliphatic carbocycles. The molecule has 28 heavy (non-hydrogen) atoms. The van der Waals surface area contributed by atoms with Gasteiger partial charge in [0.1, 0.15) is 24.5 Å². The molecule has 2 aromatic carbocycles. The summed E-state index contributed by atoms with van der Waals surface area (Å²) in [6.45, 7) is 1.07. The summed E-state index contributed by atoms with van der Waals surface area (Å²) in [6, 6.07) is 13.4. The number of hydrogen-bond acceptors (Lipinski definition) is 5. The van der Waals surface area contributed by atoms with Crippen molar-refractivity contribution in [1.82, 2.24) is 0 Å². The quantitative estimate of drug-likeness (QED) is 0.698. The van der Waals surface area contributed by atoms with Crippen LogP contribution in [0.2, 0.25) is 0 Å². The number of para-hydroxylation sites is 1. The zero-order valence-corrected chi connectivity index (χ0v) is 15.7. The van der Waals surface area contributed by atoms with Gasteiger partial charge in [0.05, 0.1) is 5.39 Å². The van der Waals surface area contributed by atoms with Gasteiger partial charge in [0, 0.05) is 11.6 Å². The zero-order chi connectivity index (χ0) is 18.9. The van der Waals surface area contributed by atoms with E-state index in [0.717, 1.165) is 24.2 Å². The summed E-state index contributed by atoms with van der Waals surface area (Å²) >= 11 is 0. The van der Waals surface area contributed by atoms with Crippen LogP contribution in [0.15, 0.2) is 51.7 Å². The van der Waals surface area contributed by atoms with Gasteiger partial charge < -0.3 is 19.2 Å². The van der Waals surface area contributed by atoms with Crippen LogP contribution >= 0.6 is 0 Å². The number of nitrogens with one attached hydrogen (secondary N) is 1. The molecule has 3 aromatic rings. The molecule has 0 amide bonds. The molecule has 5 heteroatoms. The van der Waals surface area contributed by atoms with E-state index in [4.69, 9.17) is 13.9 Å². The van der Waals surface area contributed by atoms with Crippen LogP contribution in [0.25, 0.3) is 22.3 Å². The Bertz CT molecular complexity index is 1070. The highest BCUT2D eigenvalue weighted by molar-refractivity contribution is 5.86. The standard InChI is InChI=1S/C23H23NO4/c25-22-17-8-4-5-9-18(17)28-23(21(22)24-16-6-2-1-3-7-16)15-10-11-19-20(14-15)27-13-12-26-19/h4-5,8-11,14,16,24H,1-3,6-7,12-13H2. The molecule has 0 radical (unpaired) electrons. The van der Waals surface area contributed by atoms with Gasteiger partial charge in [-0.2, -0.15) is 0 Å². The molecule has 1 fully saturated rings. The largest absolute Gasteiger partial charge is 0.486 e. The third-order valence-electron chi connectivity index (χ3n) is 5.56. The number of ether oxygens (including phenoxy) is 2. The van der Waals surface area contributed by atoms with Gasteiger partial charge in [-0.05, 0) is 43.2 Å². The van der Waals surface area contributed by atoms with Crippen molar-refractivity contribution in [2.45, 2.75) is 38.1 Å². The Kier molecular flexibility index (Phi) is 4.43. The Morgan fingerprint density at radius 3 is 2.54 bits per heavy atom. The summed E-state index contributed by atoms with van der Waals surface area (Å²) in [7, 11) is 0. The molecule has 1 aromatic heterocycles. The first-order valence-electron chi connectivity index (χ1n) is 10.0. The van der Waals surface area contributed by atoms with Crippen molar-refractivity contribution in [1.29, 1.82) is 0 Å². The van der Waals surface area contributed by atoms with E-state index in [9.17, 15) is 4.79 Å². The molecule has 0 bridgehead atoms. The molecule has 5 nitrogen and oxygen atoms in total. The summed E-state index contributed by atoms with van der Waals surface area (Å²) in [5, 5.41) is 4.11. The van der Waals surface area contributed by atoms with Crippen molar-refractivity contribution in [3.63, 3.8) is 0 Å². The Morgan fingerprint density at radius 1 is 0.893 bits per heavy atom. The molecular formula is C23H23NO4. The van der Waals surface area contributed by atoms with Crippen LogP contribution in [0.4, 0.5) is 5.69 Å². The Hall–Kier alpha value is -2.95. The monoisotopic (exact) mass is 377 g/mol. The van der Waals surface area contributed by atoms with E-state index in [2.05, 4.69) is 5.32 Å². The molecular weight excluding hydrogens is 354 g/mol. The van der Waals surface area contributed by atoms with Gasteiger partial charge in [0.15, 0.2) is 17.3 Å². The lowest BCUT2D eigenvalue weighted by Gasteiger charge is -2.25. The maximum absolute atomic E-state index is 13.3. The summed E-state index contributed by atoms with van der Waals surface area (Å²) in [4.78, 5) is 13.3. The fourth-order valence-corrected chi connectivity index (χ4v) is 4.11. The number of fused-ring (bicyclic) bond motifs is 2. The van der Waals surface area contributed by atoms with E-state index in [1.54, 1.807) is 0 Å². The molecule has 2 aliphatic rings. The number of benzene rings is 2. The summed E-state index contributed by atoms with van der Waals surface area (Å²) < 4.78 is 17.6. The van der Waals surface area contributed by atoms with E-state index < -0.39 is 0 Å². The molecule has 144 valence electrons. The molecule has 1 aliphatic heterocycles. The second-order valence-electron chi connectivity index (χ2n) is 7.47. The molecule has 0 spiro atoms. The third kappa shape index (κ3) is 3.11. The van der Waals surface area contributed by atoms with E-state index in [0.29, 0.717) is 47.4 Å². The fourth-order valence-electron chi connectivity index (χ4n) is 4.11. The first-order chi connectivity index (χ1) is 13.8. The number of anilines is 1. The predicted molar refractivity (Wildman–Crippen MR) is 109 cm³/mol. The zero-order valence-electron chi connectivity index (χ0n) is 15.7. The van der Waals surface area contributed by atoms with Crippen LogP contribution in [-0.2, 0) is 0 Å². The second kappa shape index (κ2) is 7.23. The topological polar surface area (TPSA) is 60.7 Å². The minimum absolute atomic E-state index is 0.0164. The summed E-state index contributed by atoms with van der Waals surface area (Å²) in [5.41, 5.74) is 1.93. The van der Waals surface area contributed by atoms with Gasteiger partial charge in [-0.1, -0.05) is 31.4 Å². The Morgan fingerprint density at radius 2 is 1.68 bits per heavy atom. The highest BCUT2D eigenvalue weighted by Crippen LogP contribution is 2.38. The smallest absolute Gasteiger partial charge is 0.216 e. The van der Waals surface area contributed by atoms with E-state index in [1.165, 1.54) is 19.3 Å². The van der Waals surface area contributed by atoms with Gasteiger partial charge >= 0.3 is 0 Å². The van der Waals surface area contributed by atoms with Crippen molar-refractivity contribution in [3.05, 3.63) is 52.7 Å². The Labute approximate surface area is 163 Å². The fraction of sp³-hybridized carbons (Fsp3) is 0.348. The van der Waals surface area contributed by atoms with E-state index in [-0.39, 0.29) is 5.43 Å². The van der Waals surface area contributed by atoms with Crippen LogP contribution < -0.4 is 20.2 Å². The summed E-state index contributed by atoms with van der Waals surface area (Å²) in [5.74, 6) is 1.97. The van der Waals surface area contributed by atoms with Gasteiger partial charge in [-0.3, -0.25) is 4.79 Å². The maximum atomic E-state index is 13.3. The minimum Gasteiger partial charge on any atom is -0.486 e. The molecule has 0 saturated heterocycles. The predicted octanol–water partition coefficient (Wildman–Crippen LogP) is 4.98.